The van der Waals surface area contributed by atoms with E-state index in [1.165, 1.54) is 23.1 Å². The summed E-state index contributed by atoms with van der Waals surface area (Å²) < 4.78 is 0. The molecule has 0 unspecified atom stereocenters. The molecule has 1 amide bonds. The second kappa shape index (κ2) is 5.93. The highest BCUT2D eigenvalue weighted by Gasteiger charge is 2.18. The molecule has 0 N–H and O–H groups in total. The number of aryl methyl sites for hydroxylation is 1. The summed E-state index contributed by atoms with van der Waals surface area (Å²) in [5, 5.41) is 10.7. The number of benzene rings is 2. The van der Waals surface area contributed by atoms with E-state index in [9.17, 15) is 14.9 Å². The Morgan fingerprint density at radius 2 is 1.81 bits per heavy atom. The van der Waals surface area contributed by atoms with E-state index in [0.29, 0.717) is 5.56 Å². The smallest absolute Gasteiger partial charge is 0.287 e. The largest absolute Gasteiger partial charge is 0.311 e. The second-order valence-corrected chi connectivity index (χ2v) is 5.03. The summed E-state index contributed by atoms with van der Waals surface area (Å²) in [5.41, 5.74) is 1.91. The normalized spacial score (nSPS) is 10.2. The third kappa shape index (κ3) is 3.20. The van der Waals surface area contributed by atoms with Gasteiger partial charge < -0.3 is 4.90 Å². The summed E-state index contributed by atoms with van der Waals surface area (Å²) in [4.78, 5) is 24.0. The highest BCUT2D eigenvalue weighted by Crippen LogP contribution is 2.26. The number of rotatable bonds is 3. The van der Waals surface area contributed by atoms with Gasteiger partial charge in [-0.1, -0.05) is 29.3 Å². The number of nitro groups is 1. The molecular formula is C15H13ClN2O3. The van der Waals surface area contributed by atoms with Gasteiger partial charge in [-0.2, -0.15) is 0 Å². The number of carbonyl (C=O) groups excluding carboxylic acids is 1. The van der Waals surface area contributed by atoms with E-state index in [0.717, 1.165) is 11.3 Å². The topological polar surface area (TPSA) is 63.5 Å². The summed E-state index contributed by atoms with van der Waals surface area (Å²) in [6.07, 6.45) is 0. The molecule has 21 heavy (non-hydrogen) atoms. The Kier molecular flexibility index (Phi) is 4.23. The lowest BCUT2D eigenvalue weighted by molar-refractivity contribution is -0.384. The minimum atomic E-state index is -0.583. The van der Waals surface area contributed by atoms with E-state index in [2.05, 4.69) is 0 Å². The third-order valence-electron chi connectivity index (χ3n) is 3.12. The quantitative estimate of drug-likeness (QED) is 0.639. The van der Waals surface area contributed by atoms with Crippen molar-refractivity contribution in [2.45, 2.75) is 6.92 Å². The van der Waals surface area contributed by atoms with Crippen LogP contribution in [0.3, 0.4) is 0 Å². The number of carbonyl (C=O) groups is 1. The van der Waals surface area contributed by atoms with Gasteiger partial charge in [0, 0.05) is 24.4 Å². The predicted octanol–water partition coefficient (Wildman–Crippen LogP) is 3.83. The van der Waals surface area contributed by atoms with Crippen LogP contribution in [0, 0.1) is 17.0 Å². The Morgan fingerprint density at radius 3 is 2.33 bits per heavy atom. The molecular weight excluding hydrogens is 292 g/mol. The van der Waals surface area contributed by atoms with Crippen LogP contribution < -0.4 is 4.90 Å². The van der Waals surface area contributed by atoms with Crippen molar-refractivity contribution in [3.63, 3.8) is 0 Å². The first-order valence-electron chi connectivity index (χ1n) is 6.19. The van der Waals surface area contributed by atoms with Crippen molar-refractivity contribution in [2.75, 3.05) is 11.9 Å². The van der Waals surface area contributed by atoms with Gasteiger partial charge in [-0.05, 0) is 31.2 Å². The van der Waals surface area contributed by atoms with Gasteiger partial charge in [0.05, 0.1) is 4.92 Å². The van der Waals surface area contributed by atoms with Crippen molar-refractivity contribution >= 4 is 28.9 Å². The van der Waals surface area contributed by atoms with Crippen molar-refractivity contribution < 1.29 is 9.72 Å². The van der Waals surface area contributed by atoms with Crippen LogP contribution in [0.5, 0.6) is 0 Å². The fraction of sp³-hybridized carbons (Fsp3) is 0.133. The molecule has 0 aliphatic rings. The molecule has 0 aromatic heterocycles. The molecule has 0 radical (unpaired) electrons. The zero-order valence-electron chi connectivity index (χ0n) is 11.5. The van der Waals surface area contributed by atoms with E-state index in [4.69, 9.17) is 11.6 Å². The van der Waals surface area contributed by atoms with Crippen LogP contribution in [0.15, 0.2) is 42.5 Å². The molecule has 0 aliphatic carbocycles. The monoisotopic (exact) mass is 304 g/mol. The molecule has 6 heteroatoms. The molecule has 2 aromatic carbocycles. The van der Waals surface area contributed by atoms with Crippen LogP contribution >= 0.6 is 11.6 Å². The van der Waals surface area contributed by atoms with Crippen molar-refractivity contribution in [1.82, 2.24) is 0 Å². The first kappa shape index (κ1) is 15.0. The molecule has 0 spiro atoms. The first-order chi connectivity index (χ1) is 9.90. The molecule has 0 bridgehead atoms. The number of anilines is 1. The Hall–Kier alpha value is -2.40. The molecule has 108 valence electrons. The van der Waals surface area contributed by atoms with Gasteiger partial charge in [-0.25, -0.2) is 0 Å². The molecule has 5 nitrogen and oxygen atoms in total. The zero-order valence-corrected chi connectivity index (χ0v) is 12.3. The van der Waals surface area contributed by atoms with Gasteiger partial charge in [-0.15, -0.1) is 0 Å². The Balaban J connectivity index is 2.29. The number of hydrogen-bond donors (Lipinski definition) is 0. The SMILES string of the molecule is Cc1ccc(N(C)C(=O)c2ccc([N+](=O)[O-])c(Cl)c2)cc1. The second-order valence-electron chi connectivity index (χ2n) is 4.62. The maximum atomic E-state index is 12.4. The van der Waals surface area contributed by atoms with Gasteiger partial charge in [0.2, 0.25) is 0 Å². The highest BCUT2D eigenvalue weighted by atomic mass is 35.5. The van der Waals surface area contributed by atoms with Gasteiger partial charge in [0.1, 0.15) is 5.02 Å². The molecule has 0 fully saturated rings. The lowest BCUT2D eigenvalue weighted by Gasteiger charge is -2.17. The predicted molar refractivity (Wildman–Crippen MR) is 82.0 cm³/mol. The van der Waals surface area contributed by atoms with Crippen molar-refractivity contribution in [3.05, 3.63) is 68.7 Å². The van der Waals surface area contributed by atoms with E-state index < -0.39 is 4.92 Å². The van der Waals surface area contributed by atoms with Crippen LogP contribution in [-0.4, -0.2) is 17.9 Å². The van der Waals surface area contributed by atoms with E-state index >= 15 is 0 Å². The van der Waals surface area contributed by atoms with Crippen LogP contribution in [0.1, 0.15) is 15.9 Å². The highest BCUT2D eigenvalue weighted by molar-refractivity contribution is 6.33. The maximum absolute atomic E-state index is 12.4. The number of nitro benzene ring substituents is 1. The van der Waals surface area contributed by atoms with Gasteiger partial charge >= 0.3 is 0 Å². The van der Waals surface area contributed by atoms with Crippen molar-refractivity contribution in [2.24, 2.45) is 0 Å². The van der Waals surface area contributed by atoms with Gasteiger partial charge in [0.25, 0.3) is 11.6 Å². The van der Waals surface area contributed by atoms with Crippen LogP contribution in [0.2, 0.25) is 5.02 Å². The van der Waals surface area contributed by atoms with Crippen LogP contribution in [-0.2, 0) is 0 Å². The summed E-state index contributed by atoms with van der Waals surface area (Å²) in [6.45, 7) is 1.96. The third-order valence-corrected chi connectivity index (χ3v) is 3.42. The van der Waals surface area contributed by atoms with Gasteiger partial charge in [-0.3, -0.25) is 14.9 Å². The standard InChI is InChI=1S/C15H13ClN2O3/c1-10-3-6-12(7-4-10)17(2)15(19)11-5-8-14(18(20)21)13(16)9-11/h3-9H,1-2H3. The van der Waals surface area contributed by atoms with E-state index in [1.807, 2.05) is 31.2 Å². The lowest BCUT2D eigenvalue weighted by atomic mass is 10.1. The zero-order chi connectivity index (χ0) is 15.6. The molecule has 0 aliphatic heterocycles. The summed E-state index contributed by atoms with van der Waals surface area (Å²) >= 11 is 5.83. The number of halogens is 1. The fourth-order valence-electron chi connectivity index (χ4n) is 1.87. The minimum absolute atomic E-state index is 0.0526. The minimum Gasteiger partial charge on any atom is -0.311 e. The first-order valence-corrected chi connectivity index (χ1v) is 6.56. The number of amides is 1. The van der Waals surface area contributed by atoms with Crippen LogP contribution in [0.25, 0.3) is 0 Å². The van der Waals surface area contributed by atoms with Crippen molar-refractivity contribution in [1.29, 1.82) is 0 Å². The number of hydrogen-bond acceptors (Lipinski definition) is 3. The molecule has 0 heterocycles. The van der Waals surface area contributed by atoms with E-state index in [-0.39, 0.29) is 16.6 Å². The van der Waals surface area contributed by atoms with Gasteiger partial charge in [0.15, 0.2) is 0 Å². The summed E-state index contributed by atoms with van der Waals surface area (Å²) in [7, 11) is 1.64. The molecule has 2 aromatic rings. The summed E-state index contributed by atoms with van der Waals surface area (Å²) in [6, 6.07) is 11.4. The molecule has 2 rings (SSSR count). The fourth-order valence-corrected chi connectivity index (χ4v) is 2.12. The maximum Gasteiger partial charge on any atom is 0.287 e. The Bertz CT molecular complexity index is 699. The van der Waals surface area contributed by atoms with E-state index in [1.54, 1.807) is 7.05 Å². The summed E-state index contributed by atoms with van der Waals surface area (Å²) in [5.74, 6) is -0.282. The number of nitrogens with zero attached hydrogens (tertiary/aromatic N) is 2. The Morgan fingerprint density at radius 1 is 1.19 bits per heavy atom. The van der Waals surface area contributed by atoms with Crippen LogP contribution in [0.4, 0.5) is 11.4 Å². The average molecular weight is 305 g/mol. The molecule has 0 saturated heterocycles. The molecule has 0 saturated carbocycles. The Labute approximate surface area is 126 Å². The lowest BCUT2D eigenvalue weighted by Crippen LogP contribution is -2.26. The van der Waals surface area contributed by atoms with Crippen molar-refractivity contribution in [3.8, 4) is 0 Å². The molecule has 0 atom stereocenters. The average Bonchev–Trinajstić information content (AvgIpc) is 2.46.